The Balaban J connectivity index is 1.26. The summed E-state index contributed by atoms with van der Waals surface area (Å²) in [6.45, 7) is 3.77. The van der Waals surface area contributed by atoms with E-state index in [1.807, 2.05) is 37.1 Å². The van der Waals surface area contributed by atoms with E-state index < -0.39 is 0 Å². The number of hydrogen-bond donors (Lipinski definition) is 2. The van der Waals surface area contributed by atoms with Crippen LogP contribution in [0.15, 0.2) is 65.5 Å². The summed E-state index contributed by atoms with van der Waals surface area (Å²) in [5.74, 6) is 0.875. The molecule has 0 amide bonds. The van der Waals surface area contributed by atoms with Crippen molar-refractivity contribution in [2.45, 2.75) is 32.0 Å². The largest absolute Gasteiger partial charge is 0.363 e. The van der Waals surface area contributed by atoms with Gasteiger partial charge in [-0.25, -0.2) is 4.98 Å². The summed E-state index contributed by atoms with van der Waals surface area (Å²) in [6.07, 6.45) is 7.89. The predicted molar refractivity (Wildman–Crippen MR) is 121 cm³/mol. The summed E-state index contributed by atoms with van der Waals surface area (Å²) in [5, 5.41) is 10.6. The van der Waals surface area contributed by atoms with Gasteiger partial charge in [0.1, 0.15) is 0 Å². The SMILES string of the molecule is CN=C(NCc1cccc(Cn2ccnc2)c1)NC1CCN(c2cccs2)CC1. The molecule has 7 heteroatoms. The molecule has 2 aromatic heterocycles. The Bertz CT molecular complexity index is 895. The fraction of sp³-hybridized carbons (Fsp3) is 0.364. The van der Waals surface area contributed by atoms with Gasteiger partial charge in [-0.3, -0.25) is 4.99 Å². The number of hydrogen-bond acceptors (Lipinski definition) is 4. The smallest absolute Gasteiger partial charge is 0.191 e. The minimum Gasteiger partial charge on any atom is -0.363 e. The number of benzene rings is 1. The molecule has 0 spiro atoms. The van der Waals surface area contributed by atoms with Gasteiger partial charge in [0, 0.05) is 51.7 Å². The zero-order valence-corrected chi connectivity index (χ0v) is 17.6. The summed E-state index contributed by atoms with van der Waals surface area (Å²) in [6, 6.07) is 13.4. The van der Waals surface area contributed by atoms with Gasteiger partial charge >= 0.3 is 0 Å². The van der Waals surface area contributed by atoms with Crippen molar-refractivity contribution in [3.05, 3.63) is 71.6 Å². The number of rotatable bonds is 6. The molecule has 6 nitrogen and oxygen atoms in total. The van der Waals surface area contributed by atoms with Crippen LogP contribution in [0, 0.1) is 0 Å². The summed E-state index contributed by atoms with van der Waals surface area (Å²) in [4.78, 5) is 11.0. The van der Waals surface area contributed by atoms with E-state index in [1.165, 1.54) is 16.1 Å². The van der Waals surface area contributed by atoms with Gasteiger partial charge in [-0.15, -0.1) is 11.3 Å². The van der Waals surface area contributed by atoms with E-state index in [1.54, 1.807) is 0 Å². The van der Waals surface area contributed by atoms with Gasteiger partial charge in [0.15, 0.2) is 5.96 Å². The number of aromatic nitrogens is 2. The van der Waals surface area contributed by atoms with E-state index in [2.05, 4.69) is 71.9 Å². The van der Waals surface area contributed by atoms with Crippen molar-refractivity contribution < 1.29 is 0 Å². The van der Waals surface area contributed by atoms with Crippen molar-refractivity contribution in [2.75, 3.05) is 25.0 Å². The number of anilines is 1. The third-order valence-corrected chi connectivity index (χ3v) is 6.18. The fourth-order valence-corrected chi connectivity index (χ4v) is 4.48. The molecule has 1 aliphatic rings. The molecular weight excluding hydrogens is 380 g/mol. The maximum absolute atomic E-state index is 4.42. The van der Waals surface area contributed by atoms with Crippen LogP contribution in [0.3, 0.4) is 0 Å². The van der Waals surface area contributed by atoms with Gasteiger partial charge in [-0.2, -0.15) is 0 Å². The number of thiophene rings is 1. The molecule has 1 aliphatic heterocycles. The molecule has 29 heavy (non-hydrogen) atoms. The van der Waals surface area contributed by atoms with E-state index in [0.717, 1.165) is 45.0 Å². The van der Waals surface area contributed by atoms with Crippen LogP contribution in [0.2, 0.25) is 0 Å². The molecule has 0 radical (unpaired) electrons. The number of imidazole rings is 1. The minimum absolute atomic E-state index is 0.463. The standard InChI is InChI=1S/C22H28N6S/c1-23-22(26-20-7-10-28(11-8-20)21-6-3-13-29-21)25-15-18-4-2-5-19(14-18)16-27-12-9-24-17-27/h2-6,9,12-14,17,20H,7-8,10-11,15-16H2,1H3,(H2,23,25,26). The molecule has 1 saturated heterocycles. The fourth-order valence-electron chi connectivity index (χ4n) is 3.70. The van der Waals surface area contributed by atoms with Crippen LogP contribution in [-0.4, -0.2) is 41.7 Å². The predicted octanol–water partition coefficient (Wildman–Crippen LogP) is 3.33. The van der Waals surface area contributed by atoms with Gasteiger partial charge < -0.3 is 20.1 Å². The third kappa shape index (κ3) is 5.38. The maximum Gasteiger partial charge on any atom is 0.191 e. The first-order chi connectivity index (χ1) is 14.3. The van der Waals surface area contributed by atoms with E-state index in [0.29, 0.717) is 6.04 Å². The Hall–Kier alpha value is -2.80. The monoisotopic (exact) mass is 408 g/mol. The number of piperidine rings is 1. The molecule has 4 rings (SSSR count). The van der Waals surface area contributed by atoms with Crippen molar-refractivity contribution in [3.8, 4) is 0 Å². The lowest BCUT2D eigenvalue weighted by Crippen LogP contribution is -2.48. The summed E-state index contributed by atoms with van der Waals surface area (Å²) < 4.78 is 2.08. The Labute approximate surface area is 176 Å². The second-order valence-electron chi connectivity index (χ2n) is 7.34. The second kappa shape index (κ2) is 9.60. The first kappa shape index (κ1) is 19.5. The molecule has 2 N–H and O–H groups in total. The molecule has 152 valence electrons. The van der Waals surface area contributed by atoms with E-state index in [4.69, 9.17) is 0 Å². The van der Waals surface area contributed by atoms with Crippen molar-refractivity contribution in [1.82, 2.24) is 20.2 Å². The van der Waals surface area contributed by atoms with E-state index >= 15 is 0 Å². The highest BCUT2D eigenvalue weighted by molar-refractivity contribution is 7.14. The van der Waals surface area contributed by atoms with E-state index in [9.17, 15) is 0 Å². The van der Waals surface area contributed by atoms with Crippen molar-refractivity contribution in [1.29, 1.82) is 0 Å². The lowest BCUT2D eigenvalue weighted by Gasteiger charge is -2.33. The van der Waals surface area contributed by atoms with Gasteiger partial charge in [0.2, 0.25) is 0 Å². The maximum atomic E-state index is 4.42. The molecule has 1 aromatic carbocycles. The average molecular weight is 409 g/mol. The van der Waals surface area contributed by atoms with Crippen LogP contribution in [0.25, 0.3) is 0 Å². The van der Waals surface area contributed by atoms with Crippen LogP contribution >= 0.6 is 11.3 Å². The van der Waals surface area contributed by atoms with Gasteiger partial charge in [0.25, 0.3) is 0 Å². The van der Waals surface area contributed by atoms with Gasteiger partial charge in [-0.1, -0.05) is 24.3 Å². The molecule has 0 unspecified atom stereocenters. The van der Waals surface area contributed by atoms with Crippen molar-refractivity contribution in [3.63, 3.8) is 0 Å². The van der Waals surface area contributed by atoms with Gasteiger partial charge in [-0.05, 0) is 41.5 Å². The molecule has 0 bridgehead atoms. The number of aliphatic imine (C=N–C) groups is 1. The molecule has 0 atom stereocenters. The summed E-state index contributed by atoms with van der Waals surface area (Å²) in [5.41, 5.74) is 2.52. The average Bonchev–Trinajstić information content (AvgIpc) is 3.46. The first-order valence-electron chi connectivity index (χ1n) is 10.1. The molecule has 0 aliphatic carbocycles. The molecule has 0 saturated carbocycles. The quantitative estimate of drug-likeness (QED) is 0.485. The van der Waals surface area contributed by atoms with Crippen molar-refractivity contribution >= 4 is 22.3 Å². The first-order valence-corrected chi connectivity index (χ1v) is 11.0. The number of guanidine groups is 1. The normalized spacial score (nSPS) is 15.5. The second-order valence-corrected chi connectivity index (χ2v) is 8.26. The van der Waals surface area contributed by atoms with Gasteiger partial charge in [0.05, 0.1) is 11.3 Å². The lowest BCUT2D eigenvalue weighted by molar-refractivity contribution is 0.463. The Morgan fingerprint density at radius 3 is 2.79 bits per heavy atom. The molecular formula is C22H28N6S. The molecule has 3 heterocycles. The summed E-state index contributed by atoms with van der Waals surface area (Å²) in [7, 11) is 1.84. The van der Waals surface area contributed by atoms with Crippen molar-refractivity contribution in [2.24, 2.45) is 4.99 Å². The number of nitrogens with zero attached hydrogens (tertiary/aromatic N) is 4. The highest BCUT2D eigenvalue weighted by Crippen LogP contribution is 2.24. The van der Waals surface area contributed by atoms with Crippen LogP contribution in [0.4, 0.5) is 5.00 Å². The summed E-state index contributed by atoms with van der Waals surface area (Å²) >= 11 is 1.82. The Morgan fingerprint density at radius 2 is 2.07 bits per heavy atom. The Morgan fingerprint density at radius 1 is 1.21 bits per heavy atom. The Kier molecular flexibility index (Phi) is 6.46. The molecule has 1 fully saturated rings. The zero-order chi connectivity index (χ0) is 19.9. The molecule has 3 aromatic rings. The topological polar surface area (TPSA) is 57.5 Å². The van der Waals surface area contributed by atoms with Crippen LogP contribution in [-0.2, 0) is 13.1 Å². The van der Waals surface area contributed by atoms with Crippen LogP contribution in [0.1, 0.15) is 24.0 Å². The third-order valence-electron chi connectivity index (χ3n) is 5.25. The highest BCUT2D eigenvalue weighted by atomic mass is 32.1. The zero-order valence-electron chi connectivity index (χ0n) is 16.8. The number of nitrogens with one attached hydrogen (secondary N) is 2. The van der Waals surface area contributed by atoms with Crippen LogP contribution < -0.4 is 15.5 Å². The van der Waals surface area contributed by atoms with E-state index in [-0.39, 0.29) is 0 Å². The minimum atomic E-state index is 0.463. The highest BCUT2D eigenvalue weighted by Gasteiger charge is 2.20. The lowest BCUT2D eigenvalue weighted by atomic mass is 10.1. The van der Waals surface area contributed by atoms with Crippen LogP contribution in [0.5, 0.6) is 0 Å².